The molecule has 21 heavy (non-hydrogen) atoms. The number of piperidine rings is 1. The summed E-state index contributed by atoms with van der Waals surface area (Å²) >= 11 is 0. The van der Waals surface area contributed by atoms with E-state index in [2.05, 4.69) is 4.90 Å². The number of amides is 1. The average molecular weight is 295 g/mol. The van der Waals surface area contributed by atoms with Gasteiger partial charge in [-0.3, -0.25) is 9.69 Å². The number of ether oxygens (including phenoxy) is 1. The summed E-state index contributed by atoms with van der Waals surface area (Å²) < 4.78 is 5.36. The first kappa shape index (κ1) is 15.3. The van der Waals surface area contributed by atoms with Gasteiger partial charge in [-0.05, 0) is 51.1 Å². The van der Waals surface area contributed by atoms with E-state index < -0.39 is 0 Å². The smallest absolute Gasteiger partial charge is 0.239 e. The normalized spacial score (nSPS) is 30.5. The number of likely N-dealkylation sites (tertiary alicyclic amines) is 2. The van der Waals surface area contributed by atoms with Gasteiger partial charge < -0.3 is 15.4 Å². The third kappa shape index (κ3) is 3.58. The van der Waals surface area contributed by atoms with Gasteiger partial charge in [0.2, 0.25) is 5.91 Å². The summed E-state index contributed by atoms with van der Waals surface area (Å²) in [6.07, 6.45) is 6.96. The van der Waals surface area contributed by atoms with Crippen molar-refractivity contribution in [1.82, 2.24) is 9.80 Å². The van der Waals surface area contributed by atoms with Crippen molar-refractivity contribution in [3.63, 3.8) is 0 Å². The largest absolute Gasteiger partial charge is 0.381 e. The van der Waals surface area contributed by atoms with Crippen LogP contribution in [0.4, 0.5) is 0 Å². The molecule has 5 heteroatoms. The van der Waals surface area contributed by atoms with Gasteiger partial charge in [0.1, 0.15) is 0 Å². The Morgan fingerprint density at radius 2 is 1.76 bits per heavy atom. The average Bonchev–Trinajstić information content (AvgIpc) is 3.05. The lowest BCUT2D eigenvalue weighted by molar-refractivity contribution is -0.133. The molecule has 2 atom stereocenters. The predicted octanol–water partition coefficient (Wildman–Crippen LogP) is 0.827. The van der Waals surface area contributed by atoms with Gasteiger partial charge in [-0.2, -0.15) is 0 Å². The number of nitrogens with two attached hydrogens (primary N) is 1. The van der Waals surface area contributed by atoms with Gasteiger partial charge in [-0.25, -0.2) is 0 Å². The molecule has 3 aliphatic heterocycles. The van der Waals surface area contributed by atoms with Crippen molar-refractivity contribution in [3.05, 3.63) is 0 Å². The van der Waals surface area contributed by atoms with Gasteiger partial charge in [0, 0.05) is 32.3 Å². The van der Waals surface area contributed by atoms with Crippen molar-refractivity contribution in [2.45, 2.75) is 50.6 Å². The maximum absolute atomic E-state index is 12.6. The molecule has 2 N–H and O–H groups in total. The van der Waals surface area contributed by atoms with Crippen molar-refractivity contribution >= 4 is 5.91 Å². The predicted molar refractivity (Wildman–Crippen MR) is 81.9 cm³/mol. The molecule has 3 rings (SSSR count). The molecule has 0 aromatic heterocycles. The van der Waals surface area contributed by atoms with Crippen LogP contribution in [0.15, 0.2) is 0 Å². The van der Waals surface area contributed by atoms with Crippen LogP contribution in [0.1, 0.15) is 38.5 Å². The maximum Gasteiger partial charge on any atom is 0.239 e. The molecule has 0 saturated carbocycles. The number of carbonyl (C=O) groups excluding carboxylic acids is 1. The summed E-state index contributed by atoms with van der Waals surface area (Å²) in [5.41, 5.74) is 6.24. The van der Waals surface area contributed by atoms with E-state index >= 15 is 0 Å². The molecule has 3 saturated heterocycles. The van der Waals surface area contributed by atoms with E-state index in [9.17, 15) is 4.79 Å². The van der Waals surface area contributed by atoms with Crippen LogP contribution < -0.4 is 5.73 Å². The summed E-state index contributed by atoms with van der Waals surface area (Å²) in [6, 6.07) is 0.241. The Labute approximate surface area is 127 Å². The lowest BCUT2D eigenvalue weighted by Crippen LogP contribution is -2.49. The number of hydrogen-bond acceptors (Lipinski definition) is 4. The SMILES string of the molecule is NC(C(=O)N1CCC(N2CCCCC2)C1)C1CCOCC1. The molecular formula is C16H29N3O2. The summed E-state index contributed by atoms with van der Waals surface area (Å²) in [6.45, 7) is 5.69. The van der Waals surface area contributed by atoms with Crippen LogP contribution in [0.3, 0.4) is 0 Å². The molecule has 0 radical (unpaired) electrons. The molecule has 0 aromatic rings. The van der Waals surface area contributed by atoms with E-state index in [0.717, 1.165) is 45.6 Å². The lowest BCUT2D eigenvalue weighted by Gasteiger charge is -2.33. The zero-order valence-corrected chi connectivity index (χ0v) is 13.0. The Kier molecular flexibility index (Phi) is 5.14. The number of nitrogens with zero attached hydrogens (tertiary/aromatic N) is 2. The van der Waals surface area contributed by atoms with Crippen molar-refractivity contribution in [1.29, 1.82) is 0 Å². The Morgan fingerprint density at radius 3 is 2.48 bits per heavy atom. The van der Waals surface area contributed by atoms with Crippen molar-refractivity contribution < 1.29 is 9.53 Å². The highest BCUT2D eigenvalue weighted by Gasteiger charge is 2.35. The van der Waals surface area contributed by atoms with Gasteiger partial charge in [0.25, 0.3) is 0 Å². The molecular weight excluding hydrogens is 266 g/mol. The van der Waals surface area contributed by atoms with E-state index in [1.54, 1.807) is 0 Å². The fourth-order valence-corrected chi connectivity index (χ4v) is 4.01. The molecule has 0 aromatic carbocycles. The topological polar surface area (TPSA) is 58.8 Å². The Balaban J connectivity index is 1.51. The second-order valence-corrected chi connectivity index (χ2v) is 6.80. The molecule has 5 nitrogen and oxygen atoms in total. The van der Waals surface area contributed by atoms with E-state index in [0.29, 0.717) is 12.0 Å². The van der Waals surface area contributed by atoms with Crippen LogP contribution in [0.5, 0.6) is 0 Å². The second kappa shape index (κ2) is 7.07. The Hall–Kier alpha value is -0.650. The highest BCUT2D eigenvalue weighted by Crippen LogP contribution is 2.23. The van der Waals surface area contributed by atoms with E-state index in [4.69, 9.17) is 10.5 Å². The minimum absolute atomic E-state index is 0.168. The van der Waals surface area contributed by atoms with Gasteiger partial charge in [-0.1, -0.05) is 6.42 Å². The van der Waals surface area contributed by atoms with Gasteiger partial charge >= 0.3 is 0 Å². The van der Waals surface area contributed by atoms with Crippen LogP contribution in [-0.2, 0) is 9.53 Å². The van der Waals surface area contributed by atoms with Gasteiger partial charge in [-0.15, -0.1) is 0 Å². The molecule has 3 aliphatic rings. The molecule has 0 aliphatic carbocycles. The third-order valence-corrected chi connectivity index (χ3v) is 5.44. The van der Waals surface area contributed by atoms with Gasteiger partial charge in [0.15, 0.2) is 0 Å². The Morgan fingerprint density at radius 1 is 1.05 bits per heavy atom. The van der Waals surface area contributed by atoms with E-state index in [-0.39, 0.29) is 11.9 Å². The lowest BCUT2D eigenvalue weighted by atomic mass is 9.91. The number of rotatable bonds is 3. The van der Waals surface area contributed by atoms with Crippen LogP contribution >= 0.6 is 0 Å². The standard InChI is InChI=1S/C16H29N3O2/c17-15(13-5-10-21-11-6-13)16(20)19-9-4-14(12-19)18-7-2-1-3-8-18/h13-15H,1-12,17H2. The van der Waals surface area contributed by atoms with Crippen LogP contribution in [0.25, 0.3) is 0 Å². The highest BCUT2D eigenvalue weighted by molar-refractivity contribution is 5.82. The number of carbonyl (C=O) groups is 1. The zero-order chi connectivity index (χ0) is 14.7. The summed E-state index contributed by atoms with van der Waals surface area (Å²) in [5.74, 6) is 0.474. The van der Waals surface area contributed by atoms with Crippen LogP contribution in [-0.4, -0.2) is 67.2 Å². The summed E-state index contributed by atoms with van der Waals surface area (Å²) in [4.78, 5) is 17.2. The number of hydrogen-bond donors (Lipinski definition) is 1. The van der Waals surface area contributed by atoms with Gasteiger partial charge in [0.05, 0.1) is 6.04 Å². The molecule has 3 fully saturated rings. The fraction of sp³-hybridized carbons (Fsp3) is 0.938. The molecule has 120 valence electrons. The molecule has 0 bridgehead atoms. The van der Waals surface area contributed by atoms with E-state index in [1.165, 1.54) is 32.4 Å². The second-order valence-electron chi connectivity index (χ2n) is 6.80. The van der Waals surface area contributed by atoms with Crippen molar-refractivity contribution in [3.8, 4) is 0 Å². The zero-order valence-electron chi connectivity index (χ0n) is 13.0. The highest BCUT2D eigenvalue weighted by atomic mass is 16.5. The quantitative estimate of drug-likeness (QED) is 0.838. The monoisotopic (exact) mass is 295 g/mol. The maximum atomic E-state index is 12.6. The fourth-order valence-electron chi connectivity index (χ4n) is 4.01. The molecule has 1 amide bonds. The first-order valence-corrected chi connectivity index (χ1v) is 8.62. The minimum Gasteiger partial charge on any atom is -0.381 e. The van der Waals surface area contributed by atoms with Crippen molar-refractivity contribution in [2.75, 3.05) is 39.4 Å². The summed E-state index contributed by atoms with van der Waals surface area (Å²) in [7, 11) is 0. The molecule has 3 heterocycles. The first-order chi connectivity index (χ1) is 10.3. The van der Waals surface area contributed by atoms with Crippen LogP contribution in [0, 0.1) is 5.92 Å². The third-order valence-electron chi connectivity index (χ3n) is 5.44. The van der Waals surface area contributed by atoms with E-state index in [1.807, 2.05) is 4.90 Å². The molecule has 2 unspecified atom stereocenters. The molecule has 0 spiro atoms. The summed E-state index contributed by atoms with van der Waals surface area (Å²) in [5, 5.41) is 0. The van der Waals surface area contributed by atoms with Crippen LogP contribution in [0.2, 0.25) is 0 Å². The minimum atomic E-state index is -0.325. The van der Waals surface area contributed by atoms with Crippen molar-refractivity contribution in [2.24, 2.45) is 11.7 Å². The first-order valence-electron chi connectivity index (χ1n) is 8.62. The Bertz CT molecular complexity index is 351.